The fourth-order valence-electron chi connectivity index (χ4n) is 4.35. The highest BCUT2D eigenvalue weighted by Gasteiger charge is 2.33. The molecule has 0 spiro atoms. The Labute approximate surface area is 155 Å². The highest BCUT2D eigenvalue weighted by molar-refractivity contribution is 5.89. The molecule has 26 heavy (non-hydrogen) atoms. The van der Waals surface area contributed by atoms with Gasteiger partial charge in [0.2, 0.25) is 0 Å². The Morgan fingerprint density at radius 2 is 1.81 bits per heavy atom. The second-order valence-electron chi connectivity index (χ2n) is 7.34. The lowest BCUT2D eigenvalue weighted by Gasteiger charge is -2.41. The molecule has 2 aromatic carbocycles. The van der Waals surface area contributed by atoms with Gasteiger partial charge in [0, 0.05) is 19.1 Å². The van der Waals surface area contributed by atoms with Crippen LogP contribution in [0.5, 0.6) is 0 Å². The van der Waals surface area contributed by atoms with Gasteiger partial charge in [-0.05, 0) is 35.6 Å². The number of hydrogen-bond acceptors (Lipinski definition) is 4. The van der Waals surface area contributed by atoms with Crippen molar-refractivity contribution in [3.8, 4) is 0 Å². The average molecular weight is 353 g/mol. The number of rotatable bonds is 4. The number of carbonyl (C=O) groups excluding carboxylic acids is 1. The summed E-state index contributed by atoms with van der Waals surface area (Å²) in [5.41, 5.74) is 1.05. The molecule has 0 N–H and O–H groups in total. The van der Waals surface area contributed by atoms with Gasteiger partial charge >= 0.3 is 5.97 Å². The standard InChI is InChI=1S/C22H27NO3/c24-22(16-18-8-5-7-17-6-1-2-9-19(17)18)26-21-11-4-3-10-20(21)23-12-14-25-15-13-23/h1-2,5-9,20-21H,3-4,10-16H2/t20-,21-/m0/s1. The monoisotopic (exact) mass is 353 g/mol. The Morgan fingerprint density at radius 1 is 1.04 bits per heavy atom. The normalized spacial score (nSPS) is 24.5. The first-order valence-electron chi connectivity index (χ1n) is 9.79. The third-order valence-corrected chi connectivity index (χ3v) is 5.68. The van der Waals surface area contributed by atoms with Gasteiger partial charge < -0.3 is 9.47 Å². The van der Waals surface area contributed by atoms with Crippen molar-refractivity contribution in [2.75, 3.05) is 26.3 Å². The van der Waals surface area contributed by atoms with E-state index in [0.29, 0.717) is 12.5 Å². The molecule has 1 aliphatic carbocycles. The Morgan fingerprint density at radius 3 is 2.69 bits per heavy atom. The quantitative estimate of drug-likeness (QED) is 0.788. The first-order valence-corrected chi connectivity index (χ1v) is 9.79. The van der Waals surface area contributed by atoms with Gasteiger partial charge in [0.05, 0.1) is 19.6 Å². The third-order valence-electron chi connectivity index (χ3n) is 5.68. The maximum Gasteiger partial charge on any atom is 0.310 e. The van der Waals surface area contributed by atoms with Crippen LogP contribution in [0.3, 0.4) is 0 Å². The number of ether oxygens (including phenoxy) is 2. The van der Waals surface area contributed by atoms with Crippen molar-refractivity contribution in [3.05, 3.63) is 48.0 Å². The summed E-state index contributed by atoms with van der Waals surface area (Å²) in [4.78, 5) is 15.1. The molecule has 1 heterocycles. The van der Waals surface area contributed by atoms with E-state index in [1.807, 2.05) is 24.3 Å². The first-order chi connectivity index (χ1) is 12.8. The Kier molecular flexibility index (Phi) is 5.51. The zero-order chi connectivity index (χ0) is 17.8. The van der Waals surface area contributed by atoms with Crippen LogP contribution in [-0.4, -0.2) is 49.3 Å². The number of morpholine rings is 1. The van der Waals surface area contributed by atoms with E-state index >= 15 is 0 Å². The molecule has 4 heteroatoms. The molecule has 0 bridgehead atoms. The molecule has 0 unspecified atom stereocenters. The second kappa shape index (κ2) is 8.19. The zero-order valence-electron chi connectivity index (χ0n) is 15.2. The van der Waals surface area contributed by atoms with E-state index in [2.05, 4.69) is 23.1 Å². The predicted molar refractivity (Wildman–Crippen MR) is 102 cm³/mol. The number of fused-ring (bicyclic) bond motifs is 1. The second-order valence-corrected chi connectivity index (χ2v) is 7.34. The van der Waals surface area contributed by atoms with E-state index in [-0.39, 0.29) is 12.1 Å². The summed E-state index contributed by atoms with van der Waals surface area (Å²) in [6.45, 7) is 3.46. The largest absolute Gasteiger partial charge is 0.460 e. The van der Waals surface area contributed by atoms with Gasteiger partial charge in [-0.2, -0.15) is 0 Å². The molecular weight excluding hydrogens is 326 g/mol. The SMILES string of the molecule is O=C(Cc1cccc2ccccc12)O[C@H]1CCCC[C@@H]1N1CCOCC1. The Bertz CT molecular complexity index is 749. The molecular formula is C22H27NO3. The van der Waals surface area contributed by atoms with Crippen molar-refractivity contribution < 1.29 is 14.3 Å². The molecule has 138 valence electrons. The van der Waals surface area contributed by atoms with E-state index < -0.39 is 0 Å². The summed E-state index contributed by atoms with van der Waals surface area (Å²) in [6, 6.07) is 14.7. The highest BCUT2D eigenvalue weighted by atomic mass is 16.5. The van der Waals surface area contributed by atoms with E-state index in [9.17, 15) is 4.79 Å². The predicted octanol–water partition coefficient (Wildman–Crippen LogP) is 3.57. The van der Waals surface area contributed by atoms with Gasteiger partial charge in [-0.3, -0.25) is 9.69 Å². The molecule has 1 aliphatic heterocycles. The Balaban J connectivity index is 1.44. The van der Waals surface area contributed by atoms with E-state index in [1.165, 1.54) is 11.8 Å². The van der Waals surface area contributed by atoms with Crippen LogP contribution in [0.4, 0.5) is 0 Å². The van der Waals surface area contributed by atoms with Crippen LogP contribution in [0.1, 0.15) is 31.2 Å². The summed E-state index contributed by atoms with van der Waals surface area (Å²) >= 11 is 0. The zero-order valence-corrected chi connectivity index (χ0v) is 15.2. The van der Waals surface area contributed by atoms with E-state index in [4.69, 9.17) is 9.47 Å². The summed E-state index contributed by atoms with van der Waals surface area (Å²) in [5.74, 6) is -0.105. The number of nitrogens with zero attached hydrogens (tertiary/aromatic N) is 1. The van der Waals surface area contributed by atoms with Crippen LogP contribution in [0.15, 0.2) is 42.5 Å². The lowest BCUT2D eigenvalue weighted by atomic mass is 9.91. The van der Waals surface area contributed by atoms with Gasteiger partial charge in [-0.1, -0.05) is 48.9 Å². The maximum absolute atomic E-state index is 12.7. The molecule has 0 aromatic heterocycles. The molecule has 4 rings (SSSR count). The average Bonchev–Trinajstić information content (AvgIpc) is 2.69. The number of carbonyl (C=O) groups is 1. The first kappa shape index (κ1) is 17.5. The van der Waals surface area contributed by atoms with Gasteiger partial charge in [0.15, 0.2) is 0 Å². The van der Waals surface area contributed by atoms with Crippen LogP contribution < -0.4 is 0 Å². The third kappa shape index (κ3) is 3.92. The molecule has 0 amide bonds. The van der Waals surface area contributed by atoms with Crippen molar-refractivity contribution in [2.24, 2.45) is 0 Å². The van der Waals surface area contributed by atoms with Crippen molar-refractivity contribution in [2.45, 2.75) is 44.2 Å². The smallest absolute Gasteiger partial charge is 0.310 e. The van der Waals surface area contributed by atoms with Gasteiger partial charge in [0.25, 0.3) is 0 Å². The Hall–Kier alpha value is -1.91. The molecule has 4 nitrogen and oxygen atoms in total. The van der Waals surface area contributed by atoms with Gasteiger partial charge in [-0.15, -0.1) is 0 Å². The van der Waals surface area contributed by atoms with E-state index in [1.54, 1.807) is 0 Å². The molecule has 1 saturated heterocycles. The molecule has 2 aromatic rings. The summed E-state index contributed by atoms with van der Waals surface area (Å²) in [5, 5.41) is 2.31. The van der Waals surface area contributed by atoms with Crippen LogP contribution in [0.25, 0.3) is 10.8 Å². The molecule has 0 radical (unpaired) electrons. The van der Waals surface area contributed by atoms with Gasteiger partial charge in [-0.25, -0.2) is 0 Å². The van der Waals surface area contributed by atoms with Crippen molar-refractivity contribution in [1.82, 2.24) is 4.90 Å². The minimum Gasteiger partial charge on any atom is -0.460 e. The van der Waals surface area contributed by atoms with Crippen LogP contribution in [0.2, 0.25) is 0 Å². The molecule has 2 fully saturated rings. The number of benzene rings is 2. The summed E-state index contributed by atoms with van der Waals surface area (Å²) in [7, 11) is 0. The van der Waals surface area contributed by atoms with Gasteiger partial charge in [0.1, 0.15) is 6.10 Å². The van der Waals surface area contributed by atoms with E-state index in [0.717, 1.165) is 56.5 Å². The van der Waals surface area contributed by atoms with Crippen LogP contribution in [0, 0.1) is 0 Å². The summed E-state index contributed by atoms with van der Waals surface area (Å²) in [6.07, 6.45) is 4.82. The number of esters is 1. The molecule has 2 aliphatic rings. The number of hydrogen-bond donors (Lipinski definition) is 0. The van der Waals surface area contributed by atoms with Crippen molar-refractivity contribution in [1.29, 1.82) is 0 Å². The minimum atomic E-state index is -0.105. The van der Waals surface area contributed by atoms with Crippen LogP contribution >= 0.6 is 0 Å². The lowest BCUT2D eigenvalue weighted by molar-refractivity contribution is -0.155. The van der Waals surface area contributed by atoms with Crippen LogP contribution in [-0.2, 0) is 20.7 Å². The van der Waals surface area contributed by atoms with Crippen molar-refractivity contribution in [3.63, 3.8) is 0 Å². The highest BCUT2D eigenvalue weighted by Crippen LogP contribution is 2.27. The fraction of sp³-hybridized carbons (Fsp3) is 0.500. The fourth-order valence-corrected chi connectivity index (χ4v) is 4.35. The topological polar surface area (TPSA) is 38.8 Å². The molecule has 2 atom stereocenters. The lowest BCUT2D eigenvalue weighted by Crippen LogP contribution is -2.51. The molecule has 1 saturated carbocycles. The van der Waals surface area contributed by atoms with Crippen molar-refractivity contribution >= 4 is 16.7 Å². The minimum absolute atomic E-state index is 0.0179. The maximum atomic E-state index is 12.7. The summed E-state index contributed by atoms with van der Waals surface area (Å²) < 4.78 is 11.5.